The van der Waals surface area contributed by atoms with Gasteiger partial charge in [-0.05, 0) is 39.8 Å². The average molecular weight is 234 g/mol. The highest BCUT2D eigenvalue weighted by atomic mass is 15.1. The monoisotopic (exact) mass is 234 g/mol. The summed E-state index contributed by atoms with van der Waals surface area (Å²) in [5, 5.41) is 6.97. The summed E-state index contributed by atoms with van der Waals surface area (Å²) in [6, 6.07) is 2.03. The summed E-state index contributed by atoms with van der Waals surface area (Å²) >= 11 is 0. The number of nitrogens with one attached hydrogen (secondary N) is 2. The topological polar surface area (TPSA) is 49.8 Å². The lowest BCUT2D eigenvalue weighted by molar-refractivity contribution is 0.364. The van der Waals surface area contributed by atoms with Gasteiger partial charge in [0, 0.05) is 23.7 Å². The number of hydrogen-bond donors (Lipinski definition) is 2. The first kappa shape index (κ1) is 12.3. The number of piperidine rings is 1. The Morgan fingerprint density at radius 1 is 1.35 bits per heavy atom. The second-order valence-corrected chi connectivity index (χ2v) is 5.10. The van der Waals surface area contributed by atoms with Crippen LogP contribution in [-0.2, 0) is 6.42 Å². The van der Waals surface area contributed by atoms with Crippen molar-refractivity contribution in [3.63, 3.8) is 0 Å². The molecule has 4 nitrogen and oxygen atoms in total. The molecule has 1 fully saturated rings. The number of aryl methyl sites for hydroxylation is 2. The van der Waals surface area contributed by atoms with E-state index in [1.165, 1.54) is 0 Å². The van der Waals surface area contributed by atoms with E-state index in [2.05, 4.69) is 34.4 Å². The van der Waals surface area contributed by atoms with Gasteiger partial charge in [0.25, 0.3) is 0 Å². The molecule has 0 unspecified atom stereocenters. The lowest BCUT2D eigenvalue weighted by Gasteiger charge is -2.35. The third-order valence-electron chi connectivity index (χ3n) is 3.35. The van der Waals surface area contributed by atoms with Crippen LogP contribution in [0.1, 0.15) is 38.2 Å². The molecule has 0 spiro atoms. The van der Waals surface area contributed by atoms with E-state index in [9.17, 15) is 0 Å². The van der Waals surface area contributed by atoms with Gasteiger partial charge in [0.1, 0.15) is 11.6 Å². The lowest BCUT2D eigenvalue weighted by atomic mass is 9.90. The van der Waals surface area contributed by atoms with Crippen LogP contribution in [0, 0.1) is 6.92 Å². The second kappa shape index (κ2) is 5.00. The van der Waals surface area contributed by atoms with E-state index >= 15 is 0 Å². The van der Waals surface area contributed by atoms with Crippen molar-refractivity contribution in [2.24, 2.45) is 0 Å². The average Bonchev–Trinajstić information content (AvgIpc) is 2.28. The van der Waals surface area contributed by atoms with Crippen molar-refractivity contribution < 1.29 is 0 Å². The first-order chi connectivity index (χ1) is 8.11. The summed E-state index contributed by atoms with van der Waals surface area (Å²) in [5.74, 6) is 1.89. The van der Waals surface area contributed by atoms with Gasteiger partial charge in [-0.2, -0.15) is 0 Å². The largest absolute Gasteiger partial charge is 0.365 e. The minimum Gasteiger partial charge on any atom is -0.365 e. The molecule has 0 saturated carbocycles. The van der Waals surface area contributed by atoms with E-state index in [1.807, 2.05) is 13.0 Å². The third-order valence-corrected chi connectivity index (χ3v) is 3.35. The van der Waals surface area contributed by atoms with Crippen LogP contribution in [0.2, 0.25) is 0 Å². The van der Waals surface area contributed by atoms with Crippen LogP contribution in [0.25, 0.3) is 0 Å². The Morgan fingerprint density at radius 3 is 2.71 bits per heavy atom. The summed E-state index contributed by atoms with van der Waals surface area (Å²) in [6.45, 7) is 8.54. The summed E-state index contributed by atoms with van der Waals surface area (Å²) in [5.41, 5.74) is 1.20. The highest BCUT2D eigenvalue weighted by Gasteiger charge is 2.26. The molecule has 1 aliphatic heterocycles. The van der Waals surface area contributed by atoms with Crippen molar-refractivity contribution >= 4 is 5.82 Å². The number of anilines is 1. The normalized spacial score (nSPS) is 19.0. The van der Waals surface area contributed by atoms with Crippen LogP contribution in [0.3, 0.4) is 0 Å². The van der Waals surface area contributed by atoms with Crippen LogP contribution >= 0.6 is 0 Å². The number of aromatic nitrogens is 2. The quantitative estimate of drug-likeness (QED) is 0.838. The Labute approximate surface area is 103 Å². The maximum atomic E-state index is 4.55. The molecule has 0 amide bonds. The van der Waals surface area contributed by atoms with Gasteiger partial charge < -0.3 is 10.6 Å². The predicted molar refractivity (Wildman–Crippen MR) is 70.3 cm³/mol. The summed E-state index contributed by atoms with van der Waals surface area (Å²) in [7, 11) is 0. The van der Waals surface area contributed by atoms with E-state index in [4.69, 9.17) is 0 Å². The van der Waals surface area contributed by atoms with Crippen molar-refractivity contribution in [3.05, 3.63) is 17.6 Å². The fourth-order valence-corrected chi connectivity index (χ4v) is 2.26. The Kier molecular flexibility index (Phi) is 3.62. The Hall–Kier alpha value is -1.16. The van der Waals surface area contributed by atoms with Crippen molar-refractivity contribution in [2.75, 3.05) is 18.4 Å². The van der Waals surface area contributed by atoms with Crippen molar-refractivity contribution in [2.45, 2.75) is 45.6 Å². The maximum absolute atomic E-state index is 4.55. The van der Waals surface area contributed by atoms with Gasteiger partial charge in [-0.15, -0.1) is 0 Å². The van der Waals surface area contributed by atoms with Crippen molar-refractivity contribution in [3.8, 4) is 0 Å². The van der Waals surface area contributed by atoms with Gasteiger partial charge in [-0.25, -0.2) is 9.97 Å². The lowest BCUT2D eigenvalue weighted by Crippen LogP contribution is -2.45. The van der Waals surface area contributed by atoms with Gasteiger partial charge in [0.05, 0.1) is 0 Å². The molecule has 2 heterocycles. The van der Waals surface area contributed by atoms with Crippen LogP contribution in [-0.4, -0.2) is 28.6 Å². The molecule has 0 aliphatic carbocycles. The SMILES string of the molecule is CCc1nc(C)cc(NC2(C)CCNCC2)n1. The second-order valence-electron chi connectivity index (χ2n) is 5.10. The summed E-state index contributed by atoms with van der Waals surface area (Å²) in [6.07, 6.45) is 3.16. The molecule has 1 saturated heterocycles. The molecular formula is C13H22N4. The zero-order valence-corrected chi connectivity index (χ0v) is 11.0. The molecular weight excluding hydrogens is 212 g/mol. The van der Waals surface area contributed by atoms with Gasteiger partial charge in [-0.3, -0.25) is 0 Å². The van der Waals surface area contributed by atoms with Crippen molar-refractivity contribution in [1.82, 2.24) is 15.3 Å². The predicted octanol–water partition coefficient (Wildman–Crippen LogP) is 1.90. The van der Waals surface area contributed by atoms with E-state index in [-0.39, 0.29) is 5.54 Å². The Morgan fingerprint density at radius 2 is 2.06 bits per heavy atom. The third kappa shape index (κ3) is 3.16. The van der Waals surface area contributed by atoms with Crippen LogP contribution in [0.4, 0.5) is 5.82 Å². The molecule has 17 heavy (non-hydrogen) atoms. The number of hydrogen-bond acceptors (Lipinski definition) is 4. The molecule has 0 radical (unpaired) electrons. The van der Waals surface area contributed by atoms with Crippen molar-refractivity contribution in [1.29, 1.82) is 0 Å². The summed E-state index contributed by atoms with van der Waals surface area (Å²) < 4.78 is 0. The molecule has 1 aliphatic rings. The molecule has 0 bridgehead atoms. The molecule has 2 rings (SSSR count). The molecule has 1 aromatic rings. The number of rotatable bonds is 3. The fourth-order valence-electron chi connectivity index (χ4n) is 2.26. The molecule has 1 aromatic heterocycles. The highest BCUT2D eigenvalue weighted by molar-refractivity contribution is 5.39. The Bertz CT molecular complexity index is 383. The molecule has 4 heteroatoms. The smallest absolute Gasteiger partial charge is 0.130 e. The van der Waals surface area contributed by atoms with Gasteiger partial charge in [0.2, 0.25) is 0 Å². The first-order valence-corrected chi connectivity index (χ1v) is 6.45. The van der Waals surface area contributed by atoms with E-state index < -0.39 is 0 Å². The van der Waals surface area contributed by atoms with Crippen LogP contribution < -0.4 is 10.6 Å². The van der Waals surface area contributed by atoms with Gasteiger partial charge in [-0.1, -0.05) is 6.92 Å². The highest BCUT2D eigenvalue weighted by Crippen LogP contribution is 2.22. The fraction of sp³-hybridized carbons (Fsp3) is 0.692. The zero-order valence-electron chi connectivity index (χ0n) is 11.0. The number of nitrogens with zero attached hydrogens (tertiary/aromatic N) is 2. The van der Waals surface area contributed by atoms with Gasteiger partial charge in [0.15, 0.2) is 0 Å². The zero-order chi connectivity index (χ0) is 12.3. The maximum Gasteiger partial charge on any atom is 0.130 e. The molecule has 0 aromatic carbocycles. The Balaban J connectivity index is 2.14. The minimum absolute atomic E-state index is 0.164. The van der Waals surface area contributed by atoms with Crippen LogP contribution in [0.15, 0.2) is 6.07 Å². The first-order valence-electron chi connectivity index (χ1n) is 6.45. The van der Waals surface area contributed by atoms with Gasteiger partial charge >= 0.3 is 0 Å². The van der Waals surface area contributed by atoms with E-state index in [1.54, 1.807) is 0 Å². The minimum atomic E-state index is 0.164. The summed E-state index contributed by atoms with van der Waals surface area (Å²) in [4.78, 5) is 8.95. The van der Waals surface area contributed by atoms with Crippen LogP contribution in [0.5, 0.6) is 0 Å². The standard InChI is InChI=1S/C13H22N4/c1-4-11-15-10(2)9-12(16-11)17-13(3)5-7-14-8-6-13/h9,14H,4-8H2,1-3H3,(H,15,16,17). The molecule has 2 N–H and O–H groups in total. The molecule has 0 atom stereocenters. The molecule has 94 valence electrons. The van der Waals surface area contributed by atoms with E-state index in [0.29, 0.717) is 0 Å². The van der Waals surface area contributed by atoms with E-state index in [0.717, 1.165) is 49.7 Å².